The summed E-state index contributed by atoms with van der Waals surface area (Å²) in [5.74, 6) is -0.171. The van der Waals surface area contributed by atoms with Gasteiger partial charge in [-0.2, -0.15) is 5.10 Å². The smallest absolute Gasteiger partial charge is 0.236 e. The number of hydrogen-bond acceptors (Lipinski definition) is 2. The van der Waals surface area contributed by atoms with Crippen LogP contribution in [0, 0.1) is 27.7 Å². The van der Waals surface area contributed by atoms with Crippen LogP contribution in [0.1, 0.15) is 35.0 Å². The largest absolute Gasteiger partial charge is 0.317 e. The van der Waals surface area contributed by atoms with Crippen LogP contribution in [0.4, 0.5) is 0 Å². The quantitative estimate of drug-likeness (QED) is 0.682. The molecule has 4 nitrogen and oxygen atoms in total. The fourth-order valence-electron chi connectivity index (χ4n) is 2.61. The third-order valence-electron chi connectivity index (χ3n) is 3.56. The fraction of sp³-hybridized carbons (Fsp3) is 0.294. The minimum absolute atomic E-state index is 0.171. The van der Waals surface area contributed by atoms with Gasteiger partial charge in [0.15, 0.2) is 0 Å². The van der Waals surface area contributed by atoms with Crippen molar-refractivity contribution in [1.82, 2.24) is 9.99 Å². The maximum atomic E-state index is 10.9. The summed E-state index contributed by atoms with van der Waals surface area (Å²) in [5, 5.41) is 3.96. The topological polar surface area (TPSA) is 46.4 Å². The summed E-state index contributed by atoms with van der Waals surface area (Å²) in [6.45, 7) is 9.82. The maximum absolute atomic E-state index is 10.9. The lowest BCUT2D eigenvalue weighted by molar-refractivity contribution is -0.118. The highest BCUT2D eigenvalue weighted by molar-refractivity contribution is 5.83. The molecular weight excluding hydrogens is 262 g/mol. The molecule has 2 aromatic rings. The standard InChI is InChI=1S/C17H21N3O/c1-11-7-6-8-12(2)17(11)20-13(3)9-16(14(20)4)10-18-19-15(5)21/h6-10H,1-5H3,(H,19,21)/b18-10-. The number of nitrogens with zero attached hydrogens (tertiary/aromatic N) is 2. The summed E-state index contributed by atoms with van der Waals surface area (Å²) in [7, 11) is 0. The molecule has 0 atom stereocenters. The normalized spacial score (nSPS) is 11.1. The second kappa shape index (κ2) is 5.95. The molecule has 110 valence electrons. The van der Waals surface area contributed by atoms with E-state index in [-0.39, 0.29) is 5.91 Å². The van der Waals surface area contributed by atoms with Gasteiger partial charge in [-0.15, -0.1) is 0 Å². The Labute approximate surface area is 125 Å². The second-order valence-electron chi connectivity index (χ2n) is 5.33. The van der Waals surface area contributed by atoms with Gasteiger partial charge in [0.1, 0.15) is 0 Å². The molecule has 4 heteroatoms. The molecule has 0 aliphatic rings. The Bertz CT molecular complexity index is 691. The molecule has 0 fully saturated rings. The van der Waals surface area contributed by atoms with Crippen molar-refractivity contribution in [3.8, 4) is 5.69 Å². The van der Waals surface area contributed by atoms with Crippen LogP contribution in [0.2, 0.25) is 0 Å². The predicted molar refractivity (Wildman–Crippen MR) is 86.1 cm³/mol. The molecule has 0 bridgehead atoms. The molecule has 2 rings (SSSR count). The molecule has 0 unspecified atom stereocenters. The molecule has 1 amide bonds. The number of rotatable bonds is 3. The van der Waals surface area contributed by atoms with Crippen molar-refractivity contribution in [2.45, 2.75) is 34.6 Å². The number of hydrazone groups is 1. The summed E-state index contributed by atoms with van der Waals surface area (Å²) in [5.41, 5.74) is 9.39. The van der Waals surface area contributed by atoms with Gasteiger partial charge in [-0.1, -0.05) is 18.2 Å². The molecule has 0 saturated heterocycles. The van der Waals surface area contributed by atoms with Gasteiger partial charge >= 0.3 is 0 Å². The first kappa shape index (κ1) is 15.0. The van der Waals surface area contributed by atoms with Crippen LogP contribution in [0.5, 0.6) is 0 Å². The van der Waals surface area contributed by atoms with Gasteiger partial charge in [-0.25, -0.2) is 5.43 Å². The van der Waals surface area contributed by atoms with Crippen LogP contribution in [-0.2, 0) is 4.79 Å². The number of carbonyl (C=O) groups is 1. The van der Waals surface area contributed by atoms with Crippen molar-refractivity contribution in [1.29, 1.82) is 0 Å². The average molecular weight is 283 g/mol. The Balaban J connectivity index is 2.49. The van der Waals surface area contributed by atoms with Crippen LogP contribution >= 0.6 is 0 Å². The lowest BCUT2D eigenvalue weighted by Gasteiger charge is -2.15. The number of carbonyl (C=O) groups excluding carboxylic acids is 1. The molecule has 0 radical (unpaired) electrons. The van der Waals surface area contributed by atoms with E-state index >= 15 is 0 Å². The van der Waals surface area contributed by atoms with E-state index in [1.807, 2.05) is 0 Å². The van der Waals surface area contributed by atoms with Crippen LogP contribution in [-0.4, -0.2) is 16.7 Å². The van der Waals surface area contributed by atoms with Gasteiger partial charge in [0.25, 0.3) is 0 Å². The monoisotopic (exact) mass is 283 g/mol. The average Bonchev–Trinajstić information content (AvgIpc) is 2.66. The molecule has 0 aliphatic carbocycles. The van der Waals surface area contributed by atoms with Crippen LogP contribution in [0.15, 0.2) is 29.4 Å². The van der Waals surface area contributed by atoms with Crippen LogP contribution in [0.3, 0.4) is 0 Å². The molecule has 1 aromatic heterocycles. The van der Waals surface area contributed by atoms with E-state index in [0.717, 1.165) is 17.0 Å². The first-order valence-electron chi connectivity index (χ1n) is 6.97. The van der Waals surface area contributed by atoms with Gasteiger partial charge in [-0.05, 0) is 44.9 Å². The Hall–Kier alpha value is -2.36. The highest BCUT2D eigenvalue weighted by Gasteiger charge is 2.12. The van der Waals surface area contributed by atoms with E-state index in [1.54, 1.807) is 6.21 Å². The highest BCUT2D eigenvalue weighted by Crippen LogP contribution is 2.25. The molecule has 0 spiro atoms. The molecule has 1 aromatic carbocycles. The summed E-state index contributed by atoms with van der Waals surface area (Å²) < 4.78 is 2.24. The van der Waals surface area contributed by atoms with Crippen molar-refractivity contribution in [2.24, 2.45) is 5.10 Å². The Morgan fingerprint density at radius 2 is 1.81 bits per heavy atom. The number of benzene rings is 1. The SMILES string of the molecule is CC(=O)N/N=C\c1cc(C)n(-c2c(C)cccc2C)c1C. The van der Waals surface area contributed by atoms with Crippen molar-refractivity contribution in [3.63, 3.8) is 0 Å². The minimum Gasteiger partial charge on any atom is -0.317 e. The number of amides is 1. The zero-order valence-electron chi connectivity index (χ0n) is 13.2. The molecular formula is C17H21N3O. The third kappa shape index (κ3) is 3.05. The number of para-hydroxylation sites is 1. The first-order chi connectivity index (χ1) is 9.91. The van der Waals surface area contributed by atoms with Gasteiger partial charge in [0, 0.05) is 23.9 Å². The van der Waals surface area contributed by atoms with E-state index in [1.165, 1.54) is 23.7 Å². The Morgan fingerprint density at radius 1 is 1.19 bits per heavy atom. The van der Waals surface area contributed by atoms with Crippen molar-refractivity contribution in [2.75, 3.05) is 0 Å². The first-order valence-corrected chi connectivity index (χ1v) is 6.97. The lowest BCUT2D eigenvalue weighted by atomic mass is 10.1. The molecule has 21 heavy (non-hydrogen) atoms. The zero-order chi connectivity index (χ0) is 15.6. The zero-order valence-corrected chi connectivity index (χ0v) is 13.2. The second-order valence-corrected chi connectivity index (χ2v) is 5.33. The maximum Gasteiger partial charge on any atom is 0.236 e. The van der Waals surface area contributed by atoms with Crippen LogP contribution in [0.25, 0.3) is 5.69 Å². The summed E-state index contributed by atoms with van der Waals surface area (Å²) >= 11 is 0. The predicted octanol–water partition coefficient (Wildman–Crippen LogP) is 3.18. The van der Waals surface area contributed by atoms with E-state index in [0.29, 0.717) is 0 Å². The minimum atomic E-state index is -0.171. The van der Waals surface area contributed by atoms with Gasteiger partial charge in [-0.3, -0.25) is 4.79 Å². The fourth-order valence-corrected chi connectivity index (χ4v) is 2.61. The Morgan fingerprint density at radius 3 is 2.38 bits per heavy atom. The van der Waals surface area contributed by atoms with E-state index < -0.39 is 0 Å². The molecule has 0 saturated carbocycles. The Kier molecular flexibility index (Phi) is 4.26. The van der Waals surface area contributed by atoms with Gasteiger partial charge in [0.05, 0.1) is 11.9 Å². The molecule has 1 heterocycles. The summed E-state index contributed by atoms with van der Waals surface area (Å²) in [6.07, 6.45) is 1.69. The van der Waals surface area contributed by atoms with Crippen molar-refractivity contribution in [3.05, 3.63) is 52.3 Å². The number of aromatic nitrogens is 1. The van der Waals surface area contributed by atoms with E-state index in [9.17, 15) is 4.79 Å². The number of nitrogens with one attached hydrogen (secondary N) is 1. The number of hydrogen-bond donors (Lipinski definition) is 1. The highest BCUT2D eigenvalue weighted by atomic mass is 16.2. The number of aryl methyl sites for hydroxylation is 3. The molecule has 1 N–H and O–H groups in total. The summed E-state index contributed by atoms with van der Waals surface area (Å²) in [4.78, 5) is 10.9. The van der Waals surface area contributed by atoms with Crippen molar-refractivity contribution >= 4 is 12.1 Å². The summed E-state index contributed by atoms with van der Waals surface area (Å²) in [6, 6.07) is 8.38. The van der Waals surface area contributed by atoms with E-state index in [4.69, 9.17) is 0 Å². The lowest BCUT2D eigenvalue weighted by Crippen LogP contribution is -2.12. The molecule has 0 aliphatic heterocycles. The van der Waals surface area contributed by atoms with Crippen LogP contribution < -0.4 is 5.43 Å². The van der Waals surface area contributed by atoms with Crippen molar-refractivity contribution < 1.29 is 4.79 Å². The van der Waals surface area contributed by atoms with Gasteiger partial charge in [0.2, 0.25) is 5.91 Å². The third-order valence-corrected chi connectivity index (χ3v) is 3.56. The van der Waals surface area contributed by atoms with E-state index in [2.05, 4.69) is 67.1 Å². The van der Waals surface area contributed by atoms with Gasteiger partial charge < -0.3 is 4.57 Å².